The van der Waals surface area contributed by atoms with E-state index in [2.05, 4.69) is 21.6 Å². The summed E-state index contributed by atoms with van der Waals surface area (Å²) in [5, 5.41) is 10.6. The van der Waals surface area contributed by atoms with Gasteiger partial charge in [-0.15, -0.1) is 0 Å². The van der Waals surface area contributed by atoms with E-state index in [1.807, 2.05) is 30.3 Å². The molecule has 0 spiro atoms. The van der Waals surface area contributed by atoms with E-state index in [4.69, 9.17) is 14.2 Å². The minimum atomic E-state index is -0.392. The van der Waals surface area contributed by atoms with Gasteiger partial charge in [-0.3, -0.25) is 14.8 Å². The molecule has 1 saturated heterocycles. The summed E-state index contributed by atoms with van der Waals surface area (Å²) in [4.78, 5) is 25.3. The number of amides is 2. The lowest BCUT2D eigenvalue weighted by molar-refractivity contribution is -0.119. The summed E-state index contributed by atoms with van der Waals surface area (Å²) in [6, 6.07) is 12.0. The SMILES string of the molecule is CC(=O)NCC1CN(c2ccc3c(c2)CCCc2c(-c4ccc5c(c4)OCO5)n[nH]c2-3)C(=O)O1. The van der Waals surface area contributed by atoms with E-state index in [9.17, 15) is 9.59 Å². The fourth-order valence-corrected chi connectivity index (χ4v) is 4.86. The quantitative estimate of drug-likeness (QED) is 0.618. The monoisotopic (exact) mass is 460 g/mol. The van der Waals surface area contributed by atoms with E-state index in [-0.39, 0.29) is 18.8 Å². The van der Waals surface area contributed by atoms with Gasteiger partial charge in [-0.1, -0.05) is 6.07 Å². The maximum absolute atomic E-state index is 12.5. The third-order valence-electron chi connectivity index (χ3n) is 6.51. The molecule has 6 rings (SSSR count). The summed E-state index contributed by atoms with van der Waals surface area (Å²) in [7, 11) is 0. The molecule has 2 N–H and O–H groups in total. The van der Waals surface area contributed by atoms with Crippen molar-refractivity contribution in [3.63, 3.8) is 0 Å². The Balaban J connectivity index is 1.29. The Morgan fingerprint density at radius 2 is 2.06 bits per heavy atom. The smallest absolute Gasteiger partial charge is 0.414 e. The normalized spacial score (nSPS) is 18.2. The van der Waals surface area contributed by atoms with Gasteiger partial charge in [-0.2, -0.15) is 5.10 Å². The van der Waals surface area contributed by atoms with Crippen LogP contribution in [0.1, 0.15) is 24.5 Å². The van der Waals surface area contributed by atoms with E-state index in [0.717, 1.165) is 64.5 Å². The molecule has 2 aliphatic heterocycles. The van der Waals surface area contributed by atoms with E-state index >= 15 is 0 Å². The molecule has 1 aromatic heterocycles. The molecule has 3 aromatic rings. The number of hydrogen-bond donors (Lipinski definition) is 2. The van der Waals surface area contributed by atoms with Crippen molar-refractivity contribution >= 4 is 17.7 Å². The Labute approximate surface area is 196 Å². The van der Waals surface area contributed by atoms with Gasteiger partial charge in [0.2, 0.25) is 12.7 Å². The first-order valence-electron chi connectivity index (χ1n) is 11.4. The van der Waals surface area contributed by atoms with Gasteiger partial charge in [0.05, 0.1) is 24.5 Å². The van der Waals surface area contributed by atoms with Crippen LogP contribution in [0.5, 0.6) is 11.5 Å². The fourth-order valence-electron chi connectivity index (χ4n) is 4.86. The summed E-state index contributed by atoms with van der Waals surface area (Å²) < 4.78 is 16.4. The van der Waals surface area contributed by atoms with Crippen LogP contribution in [-0.2, 0) is 22.4 Å². The third kappa shape index (κ3) is 3.53. The largest absolute Gasteiger partial charge is 0.454 e. The number of anilines is 1. The van der Waals surface area contributed by atoms with E-state index in [1.54, 1.807) is 4.90 Å². The van der Waals surface area contributed by atoms with E-state index < -0.39 is 6.09 Å². The second-order valence-electron chi connectivity index (χ2n) is 8.74. The lowest BCUT2D eigenvalue weighted by atomic mass is 9.99. The van der Waals surface area contributed by atoms with Crippen LogP contribution in [0.2, 0.25) is 0 Å². The molecular formula is C25H24N4O5. The highest BCUT2D eigenvalue weighted by atomic mass is 16.7. The van der Waals surface area contributed by atoms with E-state index in [1.165, 1.54) is 12.5 Å². The van der Waals surface area contributed by atoms with Gasteiger partial charge in [0.15, 0.2) is 11.5 Å². The zero-order valence-corrected chi connectivity index (χ0v) is 18.7. The van der Waals surface area contributed by atoms with Crippen LogP contribution in [-0.4, -0.2) is 48.2 Å². The lowest BCUT2D eigenvalue weighted by Gasteiger charge is -2.16. The molecular weight excluding hydrogens is 436 g/mol. The van der Waals surface area contributed by atoms with Crippen molar-refractivity contribution in [1.29, 1.82) is 0 Å². The molecule has 3 heterocycles. The Morgan fingerprint density at radius 3 is 2.94 bits per heavy atom. The Morgan fingerprint density at radius 1 is 1.18 bits per heavy atom. The van der Waals surface area contributed by atoms with Gasteiger partial charge < -0.3 is 19.5 Å². The fraction of sp³-hybridized carbons (Fsp3) is 0.320. The summed E-state index contributed by atoms with van der Waals surface area (Å²) in [5.74, 6) is 1.35. The second-order valence-corrected chi connectivity index (χ2v) is 8.74. The number of cyclic esters (lactones) is 1. The Hall–Kier alpha value is -4.01. The number of benzene rings is 2. The molecule has 1 aliphatic carbocycles. The van der Waals surface area contributed by atoms with Crippen molar-refractivity contribution in [2.24, 2.45) is 0 Å². The summed E-state index contributed by atoms with van der Waals surface area (Å²) in [6.45, 7) is 2.40. The van der Waals surface area contributed by atoms with Gasteiger partial charge in [-0.25, -0.2) is 4.79 Å². The van der Waals surface area contributed by atoms with Crippen molar-refractivity contribution in [2.45, 2.75) is 32.3 Å². The summed E-state index contributed by atoms with van der Waals surface area (Å²) in [5.41, 5.74) is 7.17. The van der Waals surface area contributed by atoms with Crippen molar-refractivity contribution < 1.29 is 23.8 Å². The van der Waals surface area contributed by atoms with Gasteiger partial charge >= 0.3 is 6.09 Å². The molecule has 2 aromatic carbocycles. The lowest BCUT2D eigenvalue weighted by Crippen LogP contribution is -2.33. The van der Waals surface area contributed by atoms with Crippen LogP contribution in [0.15, 0.2) is 36.4 Å². The summed E-state index contributed by atoms with van der Waals surface area (Å²) >= 11 is 0. The van der Waals surface area contributed by atoms with Crippen molar-refractivity contribution in [2.75, 3.05) is 24.8 Å². The van der Waals surface area contributed by atoms with Crippen LogP contribution in [0.3, 0.4) is 0 Å². The molecule has 3 aliphatic rings. The number of nitrogens with zero attached hydrogens (tertiary/aromatic N) is 2. The number of ether oxygens (including phenoxy) is 3. The zero-order valence-electron chi connectivity index (χ0n) is 18.7. The average molecular weight is 460 g/mol. The number of aromatic amines is 1. The predicted octanol–water partition coefficient (Wildman–Crippen LogP) is 3.42. The molecule has 9 nitrogen and oxygen atoms in total. The van der Waals surface area contributed by atoms with Gasteiger partial charge in [0.25, 0.3) is 0 Å². The van der Waals surface area contributed by atoms with Crippen molar-refractivity contribution in [3.05, 3.63) is 47.5 Å². The van der Waals surface area contributed by atoms with E-state index in [0.29, 0.717) is 13.1 Å². The minimum absolute atomic E-state index is 0.144. The molecule has 0 bridgehead atoms. The van der Waals surface area contributed by atoms with Crippen LogP contribution in [0, 0.1) is 0 Å². The highest BCUT2D eigenvalue weighted by molar-refractivity contribution is 5.91. The Kier molecular flexibility index (Phi) is 4.90. The maximum Gasteiger partial charge on any atom is 0.414 e. The number of H-pyrrole nitrogens is 1. The van der Waals surface area contributed by atoms with Crippen LogP contribution < -0.4 is 19.7 Å². The minimum Gasteiger partial charge on any atom is -0.454 e. The average Bonchev–Trinajstić information content (AvgIpc) is 3.53. The molecule has 1 fully saturated rings. The summed E-state index contributed by atoms with van der Waals surface area (Å²) in [6.07, 6.45) is 2.00. The number of hydrogen-bond acceptors (Lipinski definition) is 6. The van der Waals surface area contributed by atoms with Crippen LogP contribution in [0.4, 0.5) is 10.5 Å². The zero-order chi connectivity index (χ0) is 23.2. The molecule has 2 amide bonds. The number of aryl methyl sites for hydroxylation is 1. The van der Waals surface area contributed by atoms with Crippen LogP contribution >= 0.6 is 0 Å². The third-order valence-corrected chi connectivity index (χ3v) is 6.51. The number of nitrogens with one attached hydrogen (secondary N) is 2. The number of fused-ring (bicyclic) bond motifs is 4. The van der Waals surface area contributed by atoms with Gasteiger partial charge in [0.1, 0.15) is 6.10 Å². The first kappa shape index (κ1) is 20.6. The van der Waals surface area contributed by atoms with Crippen molar-refractivity contribution in [3.8, 4) is 34.0 Å². The molecule has 0 saturated carbocycles. The first-order chi connectivity index (χ1) is 16.6. The molecule has 174 valence electrons. The van der Waals surface area contributed by atoms with Crippen LogP contribution in [0.25, 0.3) is 22.5 Å². The highest BCUT2D eigenvalue weighted by Gasteiger charge is 2.33. The number of rotatable bonds is 4. The standard InChI is InChI=1S/C25H24N4O5/c1-14(30)26-11-18-12-29(25(31)34-18)17-6-7-19-15(9-17)3-2-4-20-23(27-28-24(19)20)16-5-8-21-22(10-16)33-13-32-21/h5-10,18H,2-4,11-13H2,1H3,(H,26,30)(H,27,28). The van der Waals surface area contributed by atoms with Crippen molar-refractivity contribution in [1.82, 2.24) is 15.5 Å². The predicted molar refractivity (Wildman–Crippen MR) is 124 cm³/mol. The highest BCUT2D eigenvalue weighted by Crippen LogP contribution is 2.41. The maximum atomic E-state index is 12.5. The molecule has 1 atom stereocenters. The molecule has 1 unspecified atom stereocenters. The molecule has 34 heavy (non-hydrogen) atoms. The topological polar surface area (TPSA) is 106 Å². The Bertz CT molecular complexity index is 1300. The first-order valence-corrected chi connectivity index (χ1v) is 11.4. The van der Waals surface area contributed by atoms with Gasteiger partial charge in [-0.05, 0) is 55.2 Å². The van der Waals surface area contributed by atoms with Gasteiger partial charge in [0, 0.05) is 29.3 Å². The molecule has 0 radical (unpaired) electrons. The number of aromatic nitrogens is 2. The number of carbonyl (C=O) groups is 2. The molecule has 9 heteroatoms. The number of carbonyl (C=O) groups excluding carboxylic acids is 2. The second kappa shape index (κ2) is 8.09.